The van der Waals surface area contributed by atoms with Gasteiger partial charge >= 0.3 is 0 Å². The molecule has 0 aromatic heterocycles. The number of ether oxygens (including phenoxy) is 2. The Kier molecular flexibility index (Phi) is 4.84. The van der Waals surface area contributed by atoms with Crippen LogP contribution in [-0.2, 0) is 4.74 Å². The van der Waals surface area contributed by atoms with Crippen LogP contribution >= 0.6 is 0 Å². The van der Waals surface area contributed by atoms with Gasteiger partial charge in [0.25, 0.3) is 0 Å². The zero-order chi connectivity index (χ0) is 12.8. The Bertz CT molecular complexity index is 353. The SMILES string of the molecule is COCCOc1ccc(N2CCNC(C)C2)cc1. The van der Waals surface area contributed by atoms with Gasteiger partial charge in [0.2, 0.25) is 0 Å². The lowest BCUT2D eigenvalue weighted by atomic mass is 10.2. The summed E-state index contributed by atoms with van der Waals surface area (Å²) in [7, 11) is 1.68. The fourth-order valence-corrected chi connectivity index (χ4v) is 2.16. The Morgan fingerprint density at radius 1 is 1.28 bits per heavy atom. The molecule has 0 amide bonds. The lowest BCUT2D eigenvalue weighted by molar-refractivity contribution is 0.146. The summed E-state index contributed by atoms with van der Waals surface area (Å²) in [5.41, 5.74) is 1.27. The van der Waals surface area contributed by atoms with Gasteiger partial charge in [-0.2, -0.15) is 0 Å². The van der Waals surface area contributed by atoms with Crippen molar-refractivity contribution in [3.63, 3.8) is 0 Å². The molecule has 0 spiro atoms. The van der Waals surface area contributed by atoms with E-state index in [1.165, 1.54) is 5.69 Å². The summed E-state index contributed by atoms with van der Waals surface area (Å²) in [6.45, 7) is 6.61. The van der Waals surface area contributed by atoms with E-state index >= 15 is 0 Å². The molecule has 1 aliphatic heterocycles. The standard InChI is InChI=1S/C14H22N2O2/c1-12-11-16(8-7-15-12)13-3-5-14(6-4-13)18-10-9-17-2/h3-6,12,15H,7-11H2,1-2H3. The van der Waals surface area contributed by atoms with Crippen LogP contribution in [-0.4, -0.2) is 46.0 Å². The van der Waals surface area contributed by atoms with Gasteiger partial charge in [-0.15, -0.1) is 0 Å². The molecule has 1 unspecified atom stereocenters. The zero-order valence-electron chi connectivity index (χ0n) is 11.2. The van der Waals surface area contributed by atoms with Crippen molar-refractivity contribution in [1.82, 2.24) is 5.32 Å². The second kappa shape index (κ2) is 6.61. The second-order valence-corrected chi connectivity index (χ2v) is 4.64. The van der Waals surface area contributed by atoms with E-state index in [1.807, 2.05) is 12.1 Å². The monoisotopic (exact) mass is 250 g/mol. The molecule has 1 heterocycles. The molecule has 1 fully saturated rings. The summed E-state index contributed by atoms with van der Waals surface area (Å²) in [6, 6.07) is 8.85. The quantitative estimate of drug-likeness (QED) is 0.803. The number of rotatable bonds is 5. The molecule has 1 aromatic carbocycles. The van der Waals surface area contributed by atoms with Crippen LogP contribution in [0.5, 0.6) is 5.75 Å². The number of nitrogens with zero attached hydrogens (tertiary/aromatic N) is 1. The number of anilines is 1. The minimum atomic E-state index is 0.552. The summed E-state index contributed by atoms with van der Waals surface area (Å²) in [4.78, 5) is 2.40. The van der Waals surface area contributed by atoms with Crippen molar-refractivity contribution in [3.8, 4) is 5.75 Å². The number of piperazine rings is 1. The molecule has 1 atom stereocenters. The van der Waals surface area contributed by atoms with Gasteiger partial charge in [-0.1, -0.05) is 0 Å². The highest BCUT2D eigenvalue weighted by Gasteiger charge is 2.15. The van der Waals surface area contributed by atoms with Gasteiger partial charge in [0.15, 0.2) is 0 Å². The van der Waals surface area contributed by atoms with E-state index in [0.29, 0.717) is 19.3 Å². The maximum atomic E-state index is 5.55. The summed E-state index contributed by atoms with van der Waals surface area (Å²) < 4.78 is 10.5. The van der Waals surface area contributed by atoms with Crippen molar-refractivity contribution in [2.75, 3.05) is 44.9 Å². The first kappa shape index (κ1) is 13.2. The van der Waals surface area contributed by atoms with E-state index in [-0.39, 0.29) is 0 Å². The molecule has 0 aliphatic carbocycles. The molecule has 0 bridgehead atoms. The Labute approximate surface area is 109 Å². The molecular formula is C14H22N2O2. The minimum absolute atomic E-state index is 0.552. The van der Waals surface area contributed by atoms with Crippen LogP contribution in [0.1, 0.15) is 6.92 Å². The maximum absolute atomic E-state index is 5.55. The van der Waals surface area contributed by atoms with Crippen LogP contribution < -0.4 is 15.0 Å². The van der Waals surface area contributed by atoms with Gasteiger partial charge in [0.1, 0.15) is 12.4 Å². The highest BCUT2D eigenvalue weighted by atomic mass is 16.5. The van der Waals surface area contributed by atoms with Gasteiger partial charge in [-0.3, -0.25) is 0 Å². The summed E-state index contributed by atoms with van der Waals surface area (Å²) in [5.74, 6) is 0.902. The lowest BCUT2D eigenvalue weighted by Gasteiger charge is -2.33. The average Bonchev–Trinajstić information content (AvgIpc) is 2.40. The first-order valence-electron chi connectivity index (χ1n) is 6.49. The molecule has 100 valence electrons. The molecule has 0 radical (unpaired) electrons. The number of nitrogens with one attached hydrogen (secondary N) is 1. The smallest absolute Gasteiger partial charge is 0.119 e. The fraction of sp³-hybridized carbons (Fsp3) is 0.571. The van der Waals surface area contributed by atoms with Crippen LogP contribution in [0.3, 0.4) is 0 Å². The number of benzene rings is 1. The molecule has 1 aromatic rings. The summed E-state index contributed by atoms with van der Waals surface area (Å²) in [5, 5.41) is 3.45. The van der Waals surface area contributed by atoms with E-state index in [2.05, 4.69) is 29.3 Å². The summed E-state index contributed by atoms with van der Waals surface area (Å²) >= 11 is 0. The largest absolute Gasteiger partial charge is 0.491 e. The van der Waals surface area contributed by atoms with Gasteiger partial charge in [0, 0.05) is 38.5 Å². The van der Waals surface area contributed by atoms with Crippen molar-refractivity contribution < 1.29 is 9.47 Å². The molecule has 4 heteroatoms. The Balaban J connectivity index is 1.90. The van der Waals surface area contributed by atoms with E-state index in [4.69, 9.17) is 9.47 Å². The van der Waals surface area contributed by atoms with Gasteiger partial charge in [-0.25, -0.2) is 0 Å². The van der Waals surface area contributed by atoms with Crippen LogP contribution in [0, 0.1) is 0 Å². The fourth-order valence-electron chi connectivity index (χ4n) is 2.16. The van der Waals surface area contributed by atoms with E-state index < -0.39 is 0 Å². The summed E-state index contributed by atoms with van der Waals surface area (Å²) in [6.07, 6.45) is 0. The third-order valence-corrected chi connectivity index (χ3v) is 3.13. The molecule has 0 saturated carbocycles. The van der Waals surface area contributed by atoms with Crippen molar-refractivity contribution in [1.29, 1.82) is 0 Å². The first-order chi connectivity index (χ1) is 8.79. The molecule has 18 heavy (non-hydrogen) atoms. The number of methoxy groups -OCH3 is 1. The van der Waals surface area contributed by atoms with E-state index in [0.717, 1.165) is 25.4 Å². The number of hydrogen-bond donors (Lipinski definition) is 1. The third kappa shape index (κ3) is 3.62. The molecular weight excluding hydrogens is 228 g/mol. The lowest BCUT2D eigenvalue weighted by Crippen LogP contribution is -2.49. The minimum Gasteiger partial charge on any atom is -0.491 e. The average molecular weight is 250 g/mol. The van der Waals surface area contributed by atoms with Crippen LogP contribution in [0.2, 0.25) is 0 Å². The second-order valence-electron chi connectivity index (χ2n) is 4.64. The molecule has 2 rings (SSSR count). The molecule has 1 aliphatic rings. The van der Waals surface area contributed by atoms with Crippen molar-refractivity contribution in [3.05, 3.63) is 24.3 Å². The molecule has 4 nitrogen and oxygen atoms in total. The topological polar surface area (TPSA) is 33.7 Å². The maximum Gasteiger partial charge on any atom is 0.119 e. The van der Waals surface area contributed by atoms with Gasteiger partial charge in [-0.05, 0) is 31.2 Å². The zero-order valence-corrected chi connectivity index (χ0v) is 11.2. The van der Waals surface area contributed by atoms with Gasteiger partial charge in [0.05, 0.1) is 6.61 Å². The highest BCUT2D eigenvalue weighted by molar-refractivity contribution is 5.49. The number of hydrogen-bond acceptors (Lipinski definition) is 4. The molecule has 1 N–H and O–H groups in total. The van der Waals surface area contributed by atoms with E-state index in [9.17, 15) is 0 Å². The van der Waals surface area contributed by atoms with Crippen LogP contribution in [0.15, 0.2) is 24.3 Å². The van der Waals surface area contributed by atoms with Gasteiger partial charge < -0.3 is 19.7 Å². The van der Waals surface area contributed by atoms with Crippen LogP contribution in [0.25, 0.3) is 0 Å². The highest BCUT2D eigenvalue weighted by Crippen LogP contribution is 2.20. The Morgan fingerprint density at radius 3 is 2.72 bits per heavy atom. The third-order valence-electron chi connectivity index (χ3n) is 3.13. The van der Waals surface area contributed by atoms with Crippen molar-refractivity contribution >= 4 is 5.69 Å². The van der Waals surface area contributed by atoms with Crippen molar-refractivity contribution in [2.24, 2.45) is 0 Å². The normalized spacial score (nSPS) is 19.9. The first-order valence-corrected chi connectivity index (χ1v) is 6.49. The van der Waals surface area contributed by atoms with E-state index in [1.54, 1.807) is 7.11 Å². The Hall–Kier alpha value is -1.26. The molecule has 1 saturated heterocycles. The van der Waals surface area contributed by atoms with Crippen LogP contribution in [0.4, 0.5) is 5.69 Å². The predicted octanol–water partition coefficient (Wildman–Crippen LogP) is 1.51. The van der Waals surface area contributed by atoms with Crippen molar-refractivity contribution in [2.45, 2.75) is 13.0 Å². The predicted molar refractivity (Wildman–Crippen MR) is 73.5 cm³/mol. The Morgan fingerprint density at radius 2 is 2.06 bits per heavy atom.